The van der Waals surface area contributed by atoms with Crippen LogP contribution in [0.15, 0.2) is 29.1 Å². The van der Waals surface area contributed by atoms with Crippen LogP contribution in [-0.2, 0) is 15.1 Å². The number of hydrogen-bond donors (Lipinski definition) is 1. The number of rotatable bonds is 6. The summed E-state index contributed by atoms with van der Waals surface area (Å²) in [6.45, 7) is 9.47. The molecule has 1 aliphatic rings. The van der Waals surface area contributed by atoms with E-state index in [1.54, 1.807) is 11.8 Å². The molecule has 0 radical (unpaired) electrons. The maximum atomic E-state index is 13.3. The van der Waals surface area contributed by atoms with Gasteiger partial charge in [-0.05, 0) is 75.2 Å². The summed E-state index contributed by atoms with van der Waals surface area (Å²) in [5, 5.41) is 13.4. The fourth-order valence-corrected chi connectivity index (χ4v) is 4.53. The van der Waals surface area contributed by atoms with Crippen molar-refractivity contribution in [2.45, 2.75) is 52.1 Å². The largest absolute Gasteiger partial charge is 0.497 e. The summed E-state index contributed by atoms with van der Waals surface area (Å²) >= 11 is 0. The first kappa shape index (κ1) is 23.9. The van der Waals surface area contributed by atoms with Crippen molar-refractivity contribution >= 4 is 16.9 Å². The first-order valence-corrected chi connectivity index (χ1v) is 11.6. The van der Waals surface area contributed by atoms with Crippen molar-refractivity contribution in [3.63, 3.8) is 0 Å². The lowest BCUT2D eigenvalue weighted by Gasteiger charge is -2.37. The molecule has 10 heteroatoms. The predicted molar refractivity (Wildman–Crippen MR) is 127 cm³/mol. The lowest BCUT2D eigenvalue weighted by atomic mass is 9.93. The number of ether oxygens (including phenoxy) is 2. The summed E-state index contributed by atoms with van der Waals surface area (Å²) in [6.07, 6.45) is 1.29. The third-order valence-electron chi connectivity index (χ3n) is 6.26. The summed E-state index contributed by atoms with van der Waals surface area (Å²) < 4.78 is 12.4. The fraction of sp³-hybridized carbons (Fsp3) is 0.542. The van der Waals surface area contributed by atoms with E-state index >= 15 is 0 Å². The van der Waals surface area contributed by atoms with E-state index in [0.717, 1.165) is 10.9 Å². The van der Waals surface area contributed by atoms with Crippen molar-refractivity contribution < 1.29 is 14.3 Å². The Hall–Kier alpha value is -3.27. The molecule has 0 bridgehead atoms. The molecular weight excluding hydrogens is 436 g/mol. The normalized spacial score (nSPS) is 16.5. The summed E-state index contributed by atoms with van der Waals surface area (Å²) in [7, 11) is 1.61. The molecule has 1 atom stereocenters. The van der Waals surface area contributed by atoms with Crippen LogP contribution < -0.4 is 10.3 Å². The van der Waals surface area contributed by atoms with Crippen molar-refractivity contribution in [2.75, 3.05) is 26.8 Å². The number of tetrazole rings is 1. The number of nitrogens with one attached hydrogen (secondary N) is 1. The molecule has 0 spiro atoms. The first-order valence-electron chi connectivity index (χ1n) is 11.6. The lowest BCUT2D eigenvalue weighted by molar-refractivity contribution is -0.149. The third kappa shape index (κ3) is 4.68. The lowest BCUT2D eigenvalue weighted by Crippen LogP contribution is -2.43. The Balaban J connectivity index is 1.79. The number of hydrogen-bond acceptors (Lipinski definition) is 8. The molecule has 1 fully saturated rings. The van der Waals surface area contributed by atoms with Crippen molar-refractivity contribution in [1.29, 1.82) is 0 Å². The number of carbonyl (C=O) groups is 1. The van der Waals surface area contributed by atoms with Gasteiger partial charge in [0.1, 0.15) is 11.8 Å². The molecule has 0 aliphatic carbocycles. The summed E-state index contributed by atoms with van der Waals surface area (Å²) in [4.78, 5) is 30.8. The Morgan fingerprint density at radius 3 is 2.62 bits per heavy atom. The Labute approximate surface area is 198 Å². The standard InChI is InChI=1S/C24H32N6O4/c1-6-34-23(32)15-9-11-29(12-10-15)20(21-26-27-28-30(21)24(2,3)4)18-14-16-13-17(33-5)7-8-19(16)25-22(18)31/h7-8,13-15,20H,6,9-12H2,1-5H3,(H,25,31)/t20-/m1/s1. The minimum atomic E-state index is -0.475. The van der Waals surface area contributed by atoms with Crippen molar-refractivity contribution in [1.82, 2.24) is 30.1 Å². The van der Waals surface area contributed by atoms with Gasteiger partial charge in [-0.25, -0.2) is 4.68 Å². The zero-order valence-corrected chi connectivity index (χ0v) is 20.4. The molecule has 0 unspecified atom stereocenters. The average molecular weight is 469 g/mol. The minimum absolute atomic E-state index is 0.144. The summed E-state index contributed by atoms with van der Waals surface area (Å²) in [5.41, 5.74) is 0.701. The highest BCUT2D eigenvalue weighted by Gasteiger charge is 2.36. The molecule has 34 heavy (non-hydrogen) atoms. The first-order chi connectivity index (χ1) is 16.2. The second-order valence-electron chi connectivity index (χ2n) is 9.59. The van der Waals surface area contributed by atoms with Crippen molar-refractivity contribution in [3.05, 3.63) is 46.0 Å². The molecule has 3 aromatic rings. The van der Waals surface area contributed by atoms with Crippen LogP contribution in [0.3, 0.4) is 0 Å². The van der Waals surface area contributed by atoms with Gasteiger partial charge in [-0.15, -0.1) is 5.10 Å². The number of fused-ring (bicyclic) bond motifs is 1. The van der Waals surface area contributed by atoms with E-state index in [1.165, 1.54) is 0 Å². The zero-order valence-electron chi connectivity index (χ0n) is 20.4. The highest BCUT2D eigenvalue weighted by molar-refractivity contribution is 5.80. The van der Waals surface area contributed by atoms with E-state index in [1.807, 2.05) is 52.0 Å². The van der Waals surface area contributed by atoms with Crippen molar-refractivity contribution in [3.8, 4) is 5.75 Å². The van der Waals surface area contributed by atoms with Crippen LogP contribution in [0.5, 0.6) is 5.75 Å². The van der Waals surface area contributed by atoms with Gasteiger partial charge >= 0.3 is 5.97 Å². The molecule has 1 saturated heterocycles. The molecule has 1 aliphatic heterocycles. The number of esters is 1. The van der Waals surface area contributed by atoms with E-state index in [9.17, 15) is 9.59 Å². The minimum Gasteiger partial charge on any atom is -0.497 e. The van der Waals surface area contributed by atoms with Gasteiger partial charge in [-0.1, -0.05) is 0 Å². The smallest absolute Gasteiger partial charge is 0.309 e. The number of aromatic nitrogens is 5. The number of carbonyl (C=O) groups excluding carboxylic acids is 1. The summed E-state index contributed by atoms with van der Waals surface area (Å²) in [5.74, 6) is 0.995. The fourth-order valence-electron chi connectivity index (χ4n) is 4.53. The summed E-state index contributed by atoms with van der Waals surface area (Å²) in [6, 6.07) is 6.96. The number of H-pyrrole nitrogens is 1. The molecule has 3 heterocycles. The molecule has 10 nitrogen and oxygen atoms in total. The number of piperidine rings is 1. The van der Waals surface area contributed by atoms with Crippen LogP contribution in [0, 0.1) is 5.92 Å². The average Bonchev–Trinajstić information content (AvgIpc) is 3.30. The quantitative estimate of drug-likeness (QED) is 0.549. The van der Waals surface area contributed by atoms with Crippen LogP contribution in [0.4, 0.5) is 0 Å². The molecule has 0 amide bonds. The van der Waals surface area contributed by atoms with Crippen LogP contribution in [0.25, 0.3) is 10.9 Å². The highest BCUT2D eigenvalue weighted by atomic mass is 16.5. The Morgan fingerprint density at radius 1 is 1.24 bits per heavy atom. The van der Waals surface area contributed by atoms with Gasteiger partial charge in [0.05, 0.1) is 25.2 Å². The number of benzene rings is 1. The number of nitrogens with zero attached hydrogens (tertiary/aromatic N) is 5. The molecular formula is C24H32N6O4. The molecule has 1 aromatic carbocycles. The number of likely N-dealkylation sites (tertiary alicyclic amines) is 1. The monoisotopic (exact) mass is 468 g/mol. The third-order valence-corrected chi connectivity index (χ3v) is 6.26. The van der Waals surface area contributed by atoms with Gasteiger partial charge in [0.2, 0.25) is 0 Å². The second-order valence-corrected chi connectivity index (χ2v) is 9.59. The van der Waals surface area contributed by atoms with Gasteiger partial charge in [-0.3, -0.25) is 14.5 Å². The zero-order chi connectivity index (χ0) is 24.5. The van der Waals surface area contributed by atoms with E-state index in [-0.39, 0.29) is 23.0 Å². The molecule has 1 N–H and O–H groups in total. The van der Waals surface area contributed by atoms with E-state index in [0.29, 0.717) is 49.7 Å². The van der Waals surface area contributed by atoms with Crippen LogP contribution in [0.1, 0.15) is 58.0 Å². The van der Waals surface area contributed by atoms with Crippen LogP contribution in [0.2, 0.25) is 0 Å². The van der Waals surface area contributed by atoms with Gasteiger partial charge in [0.25, 0.3) is 5.56 Å². The predicted octanol–water partition coefficient (Wildman–Crippen LogP) is 2.64. The highest BCUT2D eigenvalue weighted by Crippen LogP contribution is 2.33. The molecule has 4 rings (SSSR count). The second kappa shape index (κ2) is 9.54. The topological polar surface area (TPSA) is 115 Å². The van der Waals surface area contributed by atoms with E-state index in [2.05, 4.69) is 25.4 Å². The maximum absolute atomic E-state index is 13.3. The molecule has 2 aromatic heterocycles. The van der Waals surface area contributed by atoms with Crippen LogP contribution >= 0.6 is 0 Å². The number of methoxy groups -OCH3 is 1. The van der Waals surface area contributed by atoms with Gasteiger partial charge < -0.3 is 14.5 Å². The molecule has 0 saturated carbocycles. The van der Waals surface area contributed by atoms with E-state index in [4.69, 9.17) is 9.47 Å². The van der Waals surface area contributed by atoms with Gasteiger partial charge in [0.15, 0.2) is 5.82 Å². The Morgan fingerprint density at radius 2 is 1.97 bits per heavy atom. The number of aromatic amines is 1. The van der Waals surface area contributed by atoms with Gasteiger partial charge in [0, 0.05) is 29.6 Å². The number of pyridine rings is 1. The van der Waals surface area contributed by atoms with Crippen molar-refractivity contribution in [2.24, 2.45) is 5.92 Å². The van der Waals surface area contributed by atoms with Gasteiger partial charge in [-0.2, -0.15) is 0 Å². The maximum Gasteiger partial charge on any atom is 0.309 e. The van der Waals surface area contributed by atoms with Crippen LogP contribution in [-0.4, -0.2) is 62.9 Å². The Bertz CT molecular complexity index is 1220. The SMILES string of the molecule is CCOC(=O)C1CCN([C@H](c2cc3cc(OC)ccc3[nH]c2=O)c2nnnn2C(C)(C)C)CC1. The van der Waals surface area contributed by atoms with E-state index < -0.39 is 6.04 Å². The Kier molecular flexibility index (Phi) is 6.70. The molecule has 182 valence electrons.